The molecular weight excluding hydrogens is 202 g/mol. The van der Waals surface area contributed by atoms with Gasteiger partial charge in [-0.25, -0.2) is 9.97 Å². The van der Waals surface area contributed by atoms with Crippen molar-refractivity contribution in [2.45, 2.75) is 20.1 Å². The quantitative estimate of drug-likeness (QED) is 0.715. The molecule has 0 N–H and O–H groups in total. The molecule has 0 aromatic carbocycles. The van der Waals surface area contributed by atoms with E-state index in [1.165, 1.54) is 6.20 Å². The van der Waals surface area contributed by atoms with E-state index in [0.29, 0.717) is 11.3 Å². The largest absolute Gasteiger partial charge is 0.345 e. The molecule has 1 rings (SSSR count). The van der Waals surface area contributed by atoms with Crippen LogP contribution >= 0.6 is 11.6 Å². The molecule has 0 aliphatic heterocycles. The van der Waals surface area contributed by atoms with Crippen LogP contribution in [0.3, 0.4) is 0 Å². The number of hydrogen-bond donors (Lipinski definition) is 0. The Balaban J connectivity index is 2.67. The summed E-state index contributed by atoms with van der Waals surface area (Å²) in [5, 5.41) is 0.0956. The van der Waals surface area contributed by atoms with E-state index < -0.39 is 6.61 Å². The van der Waals surface area contributed by atoms with Gasteiger partial charge in [-0.15, -0.1) is 0 Å². The Hall–Kier alpha value is -0.810. The van der Waals surface area contributed by atoms with Crippen LogP contribution in [0.5, 0.6) is 0 Å². The van der Waals surface area contributed by atoms with Crippen LogP contribution in [0.25, 0.3) is 0 Å². The number of ether oxygens (including phenoxy) is 1. The summed E-state index contributed by atoms with van der Waals surface area (Å²) in [4.78, 5) is 7.43. The summed E-state index contributed by atoms with van der Waals surface area (Å²) in [7, 11) is 0. The Labute approximate surface area is 78.7 Å². The van der Waals surface area contributed by atoms with E-state index in [2.05, 4.69) is 14.7 Å². The van der Waals surface area contributed by atoms with Crippen LogP contribution in [-0.4, -0.2) is 16.6 Å². The number of hydrogen-bond acceptors (Lipinski definition) is 3. The van der Waals surface area contributed by atoms with E-state index in [4.69, 9.17) is 11.6 Å². The molecule has 0 aliphatic carbocycles. The van der Waals surface area contributed by atoms with Crippen molar-refractivity contribution in [3.63, 3.8) is 0 Å². The van der Waals surface area contributed by atoms with E-state index in [0.717, 1.165) is 0 Å². The third kappa shape index (κ3) is 3.20. The first-order chi connectivity index (χ1) is 6.09. The minimum Gasteiger partial charge on any atom is -0.318 e. The summed E-state index contributed by atoms with van der Waals surface area (Å²) in [6.07, 6.45) is 1.37. The van der Waals surface area contributed by atoms with Gasteiger partial charge in [0.15, 0.2) is 0 Å². The van der Waals surface area contributed by atoms with Crippen LogP contribution < -0.4 is 0 Å². The molecule has 0 spiro atoms. The number of alkyl halides is 2. The van der Waals surface area contributed by atoms with Crippen LogP contribution in [0.2, 0.25) is 5.28 Å². The summed E-state index contributed by atoms with van der Waals surface area (Å²) < 4.78 is 27.4. The SMILES string of the molecule is Cc1nc(Cl)ncc1COC(F)F. The maximum atomic E-state index is 11.6. The number of aryl methyl sites for hydroxylation is 1. The first-order valence-electron chi connectivity index (χ1n) is 3.47. The fraction of sp³-hybridized carbons (Fsp3) is 0.429. The minimum atomic E-state index is -2.78. The zero-order chi connectivity index (χ0) is 9.84. The molecule has 0 radical (unpaired) electrons. The van der Waals surface area contributed by atoms with Crippen molar-refractivity contribution in [3.05, 3.63) is 22.7 Å². The predicted molar refractivity (Wildman–Crippen MR) is 42.6 cm³/mol. The van der Waals surface area contributed by atoms with Crippen LogP contribution in [0, 0.1) is 6.92 Å². The summed E-state index contributed by atoms with van der Waals surface area (Å²) in [6.45, 7) is -1.34. The highest BCUT2D eigenvalue weighted by atomic mass is 35.5. The molecule has 72 valence electrons. The van der Waals surface area contributed by atoms with Gasteiger partial charge in [-0.3, -0.25) is 0 Å². The van der Waals surface area contributed by atoms with Gasteiger partial charge in [-0.05, 0) is 18.5 Å². The van der Waals surface area contributed by atoms with E-state index in [1.807, 2.05) is 0 Å². The molecule has 0 saturated carbocycles. The molecule has 0 fully saturated rings. The van der Waals surface area contributed by atoms with Crippen LogP contribution in [0.4, 0.5) is 8.78 Å². The standard InChI is InChI=1S/C7H7ClF2N2O/c1-4-5(3-13-7(9)10)2-11-6(8)12-4/h2,7H,3H2,1H3. The van der Waals surface area contributed by atoms with Crippen LogP contribution in [0.1, 0.15) is 11.3 Å². The Morgan fingerprint density at radius 2 is 2.31 bits per heavy atom. The van der Waals surface area contributed by atoms with E-state index in [1.54, 1.807) is 6.92 Å². The van der Waals surface area contributed by atoms with Crippen molar-refractivity contribution < 1.29 is 13.5 Å². The lowest BCUT2D eigenvalue weighted by Crippen LogP contribution is -2.02. The van der Waals surface area contributed by atoms with Crippen LogP contribution in [0.15, 0.2) is 6.20 Å². The first-order valence-corrected chi connectivity index (χ1v) is 3.85. The molecule has 1 aromatic rings. The molecule has 0 aliphatic rings. The third-order valence-corrected chi connectivity index (χ3v) is 1.60. The molecule has 0 atom stereocenters. The van der Waals surface area contributed by atoms with Crippen molar-refractivity contribution in [3.8, 4) is 0 Å². The number of rotatable bonds is 3. The average molecular weight is 209 g/mol. The summed E-state index contributed by atoms with van der Waals surface area (Å²) in [5.74, 6) is 0. The molecule has 13 heavy (non-hydrogen) atoms. The lowest BCUT2D eigenvalue weighted by molar-refractivity contribution is -0.137. The predicted octanol–water partition coefficient (Wildman–Crippen LogP) is 2.18. The first kappa shape index (κ1) is 10.3. The monoisotopic (exact) mass is 208 g/mol. The van der Waals surface area contributed by atoms with Gasteiger partial charge in [-0.1, -0.05) is 0 Å². The highest BCUT2D eigenvalue weighted by molar-refractivity contribution is 6.28. The molecule has 0 unspecified atom stereocenters. The highest BCUT2D eigenvalue weighted by Crippen LogP contribution is 2.10. The fourth-order valence-corrected chi connectivity index (χ4v) is 0.934. The number of aromatic nitrogens is 2. The van der Waals surface area contributed by atoms with Crippen molar-refractivity contribution in [2.24, 2.45) is 0 Å². The van der Waals surface area contributed by atoms with Crippen molar-refractivity contribution in [2.75, 3.05) is 0 Å². The number of nitrogens with zero attached hydrogens (tertiary/aromatic N) is 2. The van der Waals surface area contributed by atoms with E-state index in [9.17, 15) is 8.78 Å². The van der Waals surface area contributed by atoms with Gasteiger partial charge in [-0.2, -0.15) is 8.78 Å². The zero-order valence-corrected chi connectivity index (χ0v) is 7.55. The van der Waals surface area contributed by atoms with Crippen LogP contribution in [-0.2, 0) is 11.3 Å². The highest BCUT2D eigenvalue weighted by Gasteiger charge is 2.06. The van der Waals surface area contributed by atoms with Gasteiger partial charge in [0.1, 0.15) is 0 Å². The molecule has 0 bridgehead atoms. The van der Waals surface area contributed by atoms with Crippen molar-refractivity contribution in [1.29, 1.82) is 0 Å². The van der Waals surface area contributed by atoms with Gasteiger partial charge < -0.3 is 4.74 Å². The summed E-state index contributed by atoms with van der Waals surface area (Å²) in [6, 6.07) is 0. The minimum absolute atomic E-state index is 0.0956. The van der Waals surface area contributed by atoms with Gasteiger partial charge in [0.05, 0.1) is 6.61 Å². The second-order valence-electron chi connectivity index (χ2n) is 2.32. The molecule has 0 amide bonds. The van der Waals surface area contributed by atoms with E-state index in [-0.39, 0.29) is 11.9 Å². The van der Waals surface area contributed by atoms with Gasteiger partial charge in [0.25, 0.3) is 0 Å². The molecule has 6 heteroatoms. The normalized spacial score (nSPS) is 10.8. The smallest absolute Gasteiger partial charge is 0.318 e. The zero-order valence-electron chi connectivity index (χ0n) is 6.80. The fourth-order valence-electron chi connectivity index (χ4n) is 0.758. The molecule has 0 saturated heterocycles. The second-order valence-corrected chi connectivity index (χ2v) is 2.66. The third-order valence-electron chi connectivity index (χ3n) is 1.42. The Bertz CT molecular complexity index is 296. The average Bonchev–Trinajstić information content (AvgIpc) is 2.02. The summed E-state index contributed by atoms with van der Waals surface area (Å²) >= 11 is 5.47. The maximum Gasteiger partial charge on any atom is 0.345 e. The topological polar surface area (TPSA) is 35.0 Å². The van der Waals surface area contributed by atoms with Gasteiger partial charge in [0, 0.05) is 17.5 Å². The lowest BCUT2D eigenvalue weighted by atomic mass is 10.3. The molecule has 1 aromatic heterocycles. The Morgan fingerprint density at radius 3 is 2.85 bits per heavy atom. The van der Waals surface area contributed by atoms with Crippen molar-refractivity contribution >= 4 is 11.6 Å². The van der Waals surface area contributed by atoms with Gasteiger partial charge >= 0.3 is 6.61 Å². The molecule has 3 nitrogen and oxygen atoms in total. The Kier molecular flexibility index (Phi) is 3.50. The second kappa shape index (κ2) is 4.43. The Morgan fingerprint density at radius 1 is 1.62 bits per heavy atom. The molecule has 1 heterocycles. The van der Waals surface area contributed by atoms with Gasteiger partial charge in [0.2, 0.25) is 5.28 Å². The van der Waals surface area contributed by atoms with Crippen molar-refractivity contribution in [1.82, 2.24) is 9.97 Å². The maximum absolute atomic E-state index is 11.6. The molecular formula is C7H7ClF2N2O. The van der Waals surface area contributed by atoms with E-state index >= 15 is 0 Å². The number of halogens is 3. The summed E-state index contributed by atoms with van der Waals surface area (Å²) in [5.41, 5.74) is 1.05. The lowest BCUT2D eigenvalue weighted by Gasteiger charge is -2.04.